The summed E-state index contributed by atoms with van der Waals surface area (Å²) in [6, 6.07) is 11.0. The minimum Gasteiger partial charge on any atom is -0.373 e. The summed E-state index contributed by atoms with van der Waals surface area (Å²) in [4.78, 5) is 7.03. The zero-order chi connectivity index (χ0) is 18.1. The molecule has 1 aliphatic heterocycles. The molecule has 2 rings (SSSR count). The van der Waals surface area contributed by atoms with Crippen LogP contribution in [0.3, 0.4) is 0 Å². The van der Waals surface area contributed by atoms with E-state index in [-0.39, 0.29) is 5.60 Å². The molecule has 0 aromatic heterocycles. The average molecular weight is 347 g/mol. The van der Waals surface area contributed by atoms with Gasteiger partial charge in [-0.05, 0) is 52.8 Å². The molecule has 1 aromatic carbocycles. The highest BCUT2D eigenvalue weighted by atomic mass is 16.5. The second-order valence-electron chi connectivity index (χ2n) is 7.29. The maximum absolute atomic E-state index is 5.84. The van der Waals surface area contributed by atoms with Crippen LogP contribution in [0.5, 0.6) is 0 Å². The predicted octanol–water partition coefficient (Wildman–Crippen LogP) is 2.28. The molecule has 2 atom stereocenters. The van der Waals surface area contributed by atoms with Gasteiger partial charge in [0.2, 0.25) is 0 Å². The van der Waals surface area contributed by atoms with Gasteiger partial charge < -0.3 is 20.3 Å². The Kier molecular flexibility index (Phi) is 7.72. The van der Waals surface area contributed by atoms with Crippen LogP contribution < -0.4 is 10.6 Å². The molecule has 5 heteroatoms. The Morgan fingerprint density at radius 1 is 1.28 bits per heavy atom. The zero-order valence-corrected chi connectivity index (χ0v) is 16.2. The van der Waals surface area contributed by atoms with E-state index in [9.17, 15) is 0 Å². The molecule has 140 valence electrons. The average Bonchev–Trinajstić information content (AvgIpc) is 3.04. The highest BCUT2D eigenvalue weighted by molar-refractivity contribution is 5.79. The van der Waals surface area contributed by atoms with Crippen molar-refractivity contribution in [3.8, 4) is 0 Å². The topological polar surface area (TPSA) is 48.9 Å². The second kappa shape index (κ2) is 9.78. The third kappa shape index (κ3) is 6.67. The molecule has 0 spiro atoms. The molecular formula is C20H34N4O. The van der Waals surface area contributed by atoms with Gasteiger partial charge in [-0.15, -0.1) is 0 Å². The van der Waals surface area contributed by atoms with Crippen LogP contribution in [0.2, 0.25) is 0 Å². The quantitative estimate of drug-likeness (QED) is 0.560. The van der Waals surface area contributed by atoms with Gasteiger partial charge in [0.15, 0.2) is 5.96 Å². The number of hydrogen-bond acceptors (Lipinski definition) is 3. The van der Waals surface area contributed by atoms with Crippen molar-refractivity contribution in [3.05, 3.63) is 35.9 Å². The van der Waals surface area contributed by atoms with E-state index in [1.807, 2.05) is 0 Å². The lowest BCUT2D eigenvalue weighted by molar-refractivity contribution is 0.0283. The first kappa shape index (κ1) is 19.7. The number of aliphatic imine (C=N–C) groups is 1. The van der Waals surface area contributed by atoms with Crippen LogP contribution in [0.1, 0.15) is 32.3 Å². The van der Waals surface area contributed by atoms with Crippen molar-refractivity contribution in [1.29, 1.82) is 0 Å². The van der Waals surface area contributed by atoms with E-state index < -0.39 is 0 Å². The molecule has 2 unspecified atom stereocenters. The first-order valence-electron chi connectivity index (χ1n) is 9.39. The lowest BCUT2D eigenvalue weighted by Gasteiger charge is -2.26. The fourth-order valence-corrected chi connectivity index (χ4v) is 3.09. The largest absolute Gasteiger partial charge is 0.373 e. The number of likely N-dealkylation sites (N-methyl/N-ethyl adjacent to an activating group) is 1. The van der Waals surface area contributed by atoms with E-state index in [1.165, 1.54) is 5.56 Å². The number of hydrogen-bond donors (Lipinski definition) is 2. The minimum atomic E-state index is -0.104. The van der Waals surface area contributed by atoms with Crippen LogP contribution in [0.4, 0.5) is 0 Å². The molecule has 2 N–H and O–H groups in total. The number of nitrogens with one attached hydrogen (secondary N) is 2. The molecule has 1 fully saturated rings. The van der Waals surface area contributed by atoms with Crippen molar-refractivity contribution < 1.29 is 4.74 Å². The van der Waals surface area contributed by atoms with Gasteiger partial charge in [0.25, 0.3) is 0 Å². The summed E-state index contributed by atoms with van der Waals surface area (Å²) in [5.74, 6) is 0.874. The third-order valence-corrected chi connectivity index (χ3v) is 4.77. The van der Waals surface area contributed by atoms with Gasteiger partial charge in [-0.1, -0.05) is 30.3 Å². The summed E-state index contributed by atoms with van der Waals surface area (Å²) in [7, 11) is 4.26. The van der Waals surface area contributed by atoms with E-state index in [4.69, 9.17) is 9.73 Å². The normalized spacial score (nSPS) is 22.2. The summed E-state index contributed by atoms with van der Waals surface area (Å²) < 4.78 is 5.84. The minimum absolute atomic E-state index is 0.104. The molecule has 1 aliphatic rings. The van der Waals surface area contributed by atoms with Crippen molar-refractivity contribution in [2.24, 2.45) is 4.99 Å². The molecule has 1 saturated heterocycles. The molecule has 25 heavy (non-hydrogen) atoms. The first-order chi connectivity index (χ1) is 12.0. The van der Waals surface area contributed by atoms with Crippen molar-refractivity contribution in [3.63, 3.8) is 0 Å². The molecular weight excluding hydrogens is 312 g/mol. The van der Waals surface area contributed by atoms with Gasteiger partial charge in [-0.2, -0.15) is 0 Å². The van der Waals surface area contributed by atoms with Gasteiger partial charge in [0.05, 0.1) is 12.1 Å². The highest BCUT2D eigenvalue weighted by Gasteiger charge is 2.29. The van der Waals surface area contributed by atoms with Crippen molar-refractivity contribution in [2.45, 2.75) is 44.8 Å². The smallest absolute Gasteiger partial charge is 0.191 e. The number of nitrogens with zero attached hydrogens (tertiary/aromatic N) is 2. The Labute approximate surface area is 152 Å². The predicted molar refractivity (Wildman–Crippen MR) is 105 cm³/mol. The van der Waals surface area contributed by atoms with Gasteiger partial charge in [-0.3, -0.25) is 4.99 Å². The molecule has 1 heterocycles. The van der Waals surface area contributed by atoms with Crippen LogP contribution >= 0.6 is 0 Å². The van der Waals surface area contributed by atoms with Gasteiger partial charge >= 0.3 is 0 Å². The highest BCUT2D eigenvalue weighted by Crippen LogP contribution is 2.24. The number of benzene rings is 1. The van der Waals surface area contributed by atoms with Gasteiger partial charge in [0.1, 0.15) is 0 Å². The number of rotatable bonds is 8. The maximum atomic E-state index is 5.84. The van der Waals surface area contributed by atoms with Crippen LogP contribution in [-0.4, -0.2) is 62.8 Å². The molecule has 0 amide bonds. The monoisotopic (exact) mass is 346 g/mol. The van der Waals surface area contributed by atoms with Crippen LogP contribution in [-0.2, 0) is 11.2 Å². The second-order valence-corrected chi connectivity index (χ2v) is 7.29. The van der Waals surface area contributed by atoms with E-state index in [1.54, 1.807) is 0 Å². The molecule has 0 bridgehead atoms. The van der Waals surface area contributed by atoms with Gasteiger partial charge in [-0.25, -0.2) is 0 Å². The van der Waals surface area contributed by atoms with E-state index >= 15 is 0 Å². The fraction of sp³-hybridized carbons (Fsp3) is 0.650. The molecule has 0 radical (unpaired) electrons. The van der Waals surface area contributed by atoms with Gasteiger partial charge in [0, 0.05) is 25.7 Å². The summed E-state index contributed by atoms with van der Waals surface area (Å²) in [5.41, 5.74) is 1.25. The third-order valence-electron chi connectivity index (χ3n) is 4.77. The molecule has 5 nitrogen and oxygen atoms in total. The Morgan fingerprint density at radius 2 is 2.04 bits per heavy atom. The van der Waals surface area contributed by atoms with Crippen LogP contribution in [0.15, 0.2) is 35.3 Å². The Morgan fingerprint density at radius 3 is 2.64 bits per heavy atom. The van der Waals surface area contributed by atoms with Crippen molar-refractivity contribution in [1.82, 2.24) is 15.5 Å². The number of guanidine groups is 1. The van der Waals surface area contributed by atoms with E-state index in [0.717, 1.165) is 44.9 Å². The fourth-order valence-electron chi connectivity index (χ4n) is 3.09. The zero-order valence-electron chi connectivity index (χ0n) is 16.2. The summed E-state index contributed by atoms with van der Waals surface area (Å²) in [6.45, 7) is 7.52. The summed E-state index contributed by atoms with van der Waals surface area (Å²) >= 11 is 0. The van der Waals surface area contributed by atoms with Crippen LogP contribution in [0, 0.1) is 0 Å². The van der Waals surface area contributed by atoms with E-state index in [2.05, 4.69) is 73.8 Å². The van der Waals surface area contributed by atoms with Crippen LogP contribution in [0.25, 0.3) is 0 Å². The molecule has 0 saturated carbocycles. The lowest BCUT2D eigenvalue weighted by Crippen LogP contribution is -2.46. The first-order valence-corrected chi connectivity index (χ1v) is 9.39. The lowest BCUT2D eigenvalue weighted by atomic mass is 10.0. The van der Waals surface area contributed by atoms with Crippen molar-refractivity contribution in [2.75, 3.05) is 40.3 Å². The SMILES string of the molecule is CCNC(=NCC1(C)CCCO1)NCC(Cc1ccccc1)N(C)C. The number of ether oxygens (including phenoxy) is 1. The molecule has 0 aliphatic carbocycles. The summed E-state index contributed by atoms with van der Waals surface area (Å²) in [5, 5.41) is 6.85. The molecule has 1 aromatic rings. The van der Waals surface area contributed by atoms with Crippen molar-refractivity contribution >= 4 is 5.96 Å². The Balaban J connectivity index is 1.92. The van der Waals surface area contributed by atoms with E-state index in [0.29, 0.717) is 12.6 Å². The Hall–Kier alpha value is -1.59. The maximum Gasteiger partial charge on any atom is 0.191 e. The Bertz CT molecular complexity index is 524. The summed E-state index contributed by atoms with van der Waals surface area (Å²) in [6.07, 6.45) is 3.24. The standard InChI is InChI=1S/C20H34N4O/c1-5-21-19(23-16-20(2)12-9-13-25-20)22-15-18(24(3)4)14-17-10-7-6-8-11-17/h6-8,10-11,18H,5,9,12-16H2,1-4H3,(H2,21,22,23).